The first-order valence-electron chi connectivity index (χ1n) is 8.75. The van der Waals surface area contributed by atoms with Crippen LogP contribution < -0.4 is 0 Å². The molecule has 1 aromatic carbocycles. The van der Waals surface area contributed by atoms with Crippen molar-refractivity contribution >= 4 is 5.91 Å². The summed E-state index contributed by atoms with van der Waals surface area (Å²) in [4.78, 5) is 18.8. The second-order valence-electron chi connectivity index (χ2n) is 6.36. The molecule has 0 bridgehead atoms. The van der Waals surface area contributed by atoms with Crippen molar-refractivity contribution in [2.75, 3.05) is 52.5 Å². The molecule has 2 aliphatic rings. The van der Waals surface area contributed by atoms with E-state index in [0.29, 0.717) is 26.3 Å². The molecule has 0 atom stereocenters. The molecule has 132 valence electrons. The van der Waals surface area contributed by atoms with E-state index in [4.69, 9.17) is 4.74 Å². The first-order chi connectivity index (χ1) is 12.3. The number of nitrogens with zero attached hydrogens (tertiary/aromatic N) is 4. The van der Waals surface area contributed by atoms with Crippen molar-refractivity contribution in [2.24, 2.45) is 0 Å². The molecule has 0 N–H and O–H groups in total. The Morgan fingerprint density at radius 3 is 2.40 bits per heavy atom. The fourth-order valence-corrected chi connectivity index (χ4v) is 3.14. The molecule has 0 spiro atoms. The number of hydrogen-bond donors (Lipinski definition) is 0. The van der Waals surface area contributed by atoms with E-state index in [9.17, 15) is 10.1 Å². The summed E-state index contributed by atoms with van der Waals surface area (Å²) in [5, 5.41) is 9.37. The SMILES string of the molecule is N#C/C(=C/N1CCOCC1)C(=O)N1CCN(Cc2ccccc2)CC1. The van der Waals surface area contributed by atoms with Gasteiger partial charge in [0.05, 0.1) is 13.2 Å². The summed E-state index contributed by atoms with van der Waals surface area (Å²) in [6, 6.07) is 12.4. The number of ether oxygens (including phenoxy) is 1. The molecule has 2 saturated heterocycles. The lowest BCUT2D eigenvalue weighted by molar-refractivity contribution is -0.128. The Morgan fingerprint density at radius 2 is 1.76 bits per heavy atom. The third-order valence-corrected chi connectivity index (χ3v) is 4.62. The highest BCUT2D eigenvalue weighted by Crippen LogP contribution is 2.12. The summed E-state index contributed by atoms with van der Waals surface area (Å²) in [5.41, 5.74) is 1.51. The minimum Gasteiger partial charge on any atom is -0.378 e. The fraction of sp³-hybridized carbons (Fsp3) is 0.474. The second kappa shape index (κ2) is 8.65. The first kappa shape index (κ1) is 17.5. The number of benzene rings is 1. The molecule has 3 rings (SSSR count). The van der Waals surface area contributed by atoms with E-state index < -0.39 is 0 Å². The molecule has 0 aromatic heterocycles. The van der Waals surface area contributed by atoms with Crippen LogP contribution in [0.4, 0.5) is 0 Å². The van der Waals surface area contributed by atoms with Gasteiger partial charge in [-0.05, 0) is 5.56 Å². The summed E-state index contributed by atoms with van der Waals surface area (Å²) in [5.74, 6) is -0.159. The quantitative estimate of drug-likeness (QED) is 0.606. The van der Waals surface area contributed by atoms with E-state index in [1.165, 1.54) is 5.56 Å². The number of carbonyl (C=O) groups excluding carboxylic acids is 1. The highest BCUT2D eigenvalue weighted by Gasteiger charge is 2.24. The monoisotopic (exact) mass is 340 g/mol. The summed E-state index contributed by atoms with van der Waals surface area (Å²) in [6.07, 6.45) is 1.70. The lowest BCUT2D eigenvalue weighted by Crippen LogP contribution is -2.48. The van der Waals surface area contributed by atoms with Gasteiger partial charge in [-0.1, -0.05) is 30.3 Å². The largest absolute Gasteiger partial charge is 0.378 e. The Bertz CT molecular complexity index is 639. The molecule has 25 heavy (non-hydrogen) atoms. The molecule has 0 saturated carbocycles. The third-order valence-electron chi connectivity index (χ3n) is 4.62. The van der Waals surface area contributed by atoms with E-state index in [1.807, 2.05) is 23.1 Å². The Balaban J connectivity index is 1.53. The van der Waals surface area contributed by atoms with E-state index in [-0.39, 0.29) is 11.5 Å². The first-order valence-corrected chi connectivity index (χ1v) is 8.75. The zero-order valence-corrected chi connectivity index (χ0v) is 14.4. The highest BCUT2D eigenvalue weighted by atomic mass is 16.5. The molecule has 6 nitrogen and oxygen atoms in total. The van der Waals surface area contributed by atoms with Gasteiger partial charge in [-0.2, -0.15) is 5.26 Å². The van der Waals surface area contributed by atoms with Crippen LogP contribution in [0.15, 0.2) is 42.1 Å². The summed E-state index contributed by atoms with van der Waals surface area (Å²) in [7, 11) is 0. The average Bonchev–Trinajstić information content (AvgIpc) is 2.68. The Morgan fingerprint density at radius 1 is 1.08 bits per heavy atom. The highest BCUT2D eigenvalue weighted by molar-refractivity contribution is 5.97. The number of hydrogen-bond acceptors (Lipinski definition) is 5. The lowest BCUT2D eigenvalue weighted by atomic mass is 10.2. The zero-order chi connectivity index (χ0) is 17.5. The van der Waals surface area contributed by atoms with Crippen molar-refractivity contribution in [3.63, 3.8) is 0 Å². The minimum atomic E-state index is -0.159. The van der Waals surface area contributed by atoms with Gasteiger partial charge in [-0.3, -0.25) is 9.69 Å². The van der Waals surface area contributed by atoms with Crippen molar-refractivity contribution in [3.05, 3.63) is 47.7 Å². The van der Waals surface area contributed by atoms with Gasteiger partial charge in [0.2, 0.25) is 0 Å². The van der Waals surface area contributed by atoms with Gasteiger partial charge in [-0.25, -0.2) is 0 Å². The third kappa shape index (κ3) is 4.81. The van der Waals surface area contributed by atoms with Gasteiger partial charge in [-0.15, -0.1) is 0 Å². The number of nitriles is 1. The van der Waals surface area contributed by atoms with Crippen LogP contribution in [0.5, 0.6) is 0 Å². The van der Waals surface area contributed by atoms with E-state index in [1.54, 1.807) is 11.1 Å². The Kier molecular flexibility index (Phi) is 6.04. The van der Waals surface area contributed by atoms with Crippen LogP contribution in [0.25, 0.3) is 0 Å². The standard InChI is InChI=1S/C19H24N4O2/c20-14-18(16-22-10-12-25-13-11-22)19(24)23-8-6-21(7-9-23)15-17-4-2-1-3-5-17/h1-5,16H,6-13,15H2/b18-16-. The predicted octanol–water partition coefficient (Wildman–Crippen LogP) is 1.07. The Labute approximate surface area is 148 Å². The van der Waals surface area contributed by atoms with Crippen LogP contribution in [0.2, 0.25) is 0 Å². The molecule has 0 radical (unpaired) electrons. The number of amides is 1. The molecule has 0 unspecified atom stereocenters. The number of piperazine rings is 1. The van der Waals surface area contributed by atoms with Crippen LogP contribution in [0, 0.1) is 11.3 Å². The van der Waals surface area contributed by atoms with Crippen molar-refractivity contribution in [3.8, 4) is 6.07 Å². The summed E-state index contributed by atoms with van der Waals surface area (Å²) >= 11 is 0. The maximum absolute atomic E-state index is 12.6. The van der Waals surface area contributed by atoms with Crippen LogP contribution >= 0.6 is 0 Å². The minimum absolute atomic E-state index is 0.159. The summed E-state index contributed by atoms with van der Waals surface area (Å²) in [6.45, 7) is 6.61. The average molecular weight is 340 g/mol. The second-order valence-corrected chi connectivity index (χ2v) is 6.36. The fourth-order valence-electron chi connectivity index (χ4n) is 3.14. The van der Waals surface area contributed by atoms with Gasteiger partial charge in [0, 0.05) is 52.0 Å². The maximum Gasteiger partial charge on any atom is 0.266 e. The number of rotatable bonds is 4. The van der Waals surface area contributed by atoms with Gasteiger partial charge < -0.3 is 14.5 Å². The molecular weight excluding hydrogens is 316 g/mol. The van der Waals surface area contributed by atoms with Crippen LogP contribution in [0.3, 0.4) is 0 Å². The predicted molar refractivity (Wildman–Crippen MR) is 94.4 cm³/mol. The van der Waals surface area contributed by atoms with Crippen LogP contribution in [0.1, 0.15) is 5.56 Å². The molecular formula is C19H24N4O2. The molecule has 1 aromatic rings. The van der Waals surface area contributed by atoms with Gasteiger partial charge >= 0.3 is 0 Å². The summed E-state index contributed by atoms with van der Waals surface area (Å²) < 4.78 is 5.30. The van der Waals surface area contributed by atoms with Crippen LogP contribution in [-0.4, -0.2) is 73.1 Å². The van der Waals surface area contributed by atoms with E-state index in [0.717, 1.165) is 32.7 Å². The molecule has 2 fully saturated rings. The smallest absolute Gasteiger partial charge is 0.266 e. The van der Waals surface area contributed by atoms with Crippen LogP contribution in [-0.2, 0) is 16.1 Å². The van der Waals surface area contributed by atoms with Crippen molar-refractivity contribution in [1.82, 2.24) is 14.7 Å². The lowest BCUT2D eigenvalue weighted by Gasteiger charge is -2.35. The topological polar surface area (TPSA) is 59.8 Å². The van der Waals surface area contributed by atoms with Gasteiger partial charge in [0.25, 0.3) is 5.91 Å². The van der Waals surface area contributed by atoms with Crippen molar-refractivity contribution < 1.29 is 9.53 Å². The molecule has 2 heterocycles. The number of morpholine rings is 1. The Hall–Kier alpha value is -2.36. The zero-order valence-electron chi connectivity index (χ0n) is 14.4. The molecule has 0 aliphatic carbocycles. The number of carbonyl (C=O) groups is 1. The van der Waals surface area contributed by atoms with E-state index >= 15 is 0 Å². The molecule has 1 amide bonds. The van der Waals surface area contributed by atoms with Gasteiger partial charge in [0.15, 0.2) is 0 Å². The van der Waals surface area contributed by atoms with E-state index in [2.05, 4.69) is 23.1 Å². The molecule has 2 aliphatic heterocycles. The normalized spacial score (nSPS) is 19.6. The maximum atomic E-state index is 12.6. The van der Waals surface area contributed by atoms with Crippen molar-refractivity contribution in [1.29, 1.82) is 5.26 Å². The van der Waals surface area contributed by atoms with Crippen molar-refractivity contribution in [2.45, 2.75) is 6.54 Å². The van der Waals surface area contributed by atoms with Gasteiger partial charge in [0.1, 0.15) is 11.6 Å². The molecule has 6 heteroatoms.